The first-order valence-corrected chi connectivity index (χ1v) is 39.1. The lowest BCUT2D eigenvalue weighted by atomic mass is 9.86. The Labute approximate surface area is 675 Å². The number of fused-ring (bicyclic) bond motifs is 10. The van der Waals surface area contributed by atoms with E-state index in [2.05, 4.69) is 309 Å². The van der Waals surface area contributed by atoms with Crippen molar-refractivity contribution in [1.82, 2.24) is 44.9 Å². The van der Waals surface area contributed by atoms with Gasteiger partial charge in [-0.1, -0.05) is 194 Å². The van der Waals surface area contributed by atoms with E-state index in [0.29, 0.717) is 0 Å². The van der Waals surface area contributed by atoms with Gasteiger partial charge in [0.15, 0.2) is 0 Å². The summed E-state index contributed by atoms with van der Waals surface area (Å²) in [7, 11) is 0. The highest BCUT2D eigenvalue weighted by atomic mass is 14.8. The lowest BCUT2D eigenvalue weighted by Crippen LogP contribution is -1.94. The third-order valence-corrected chi connectivity index (χ3v) is 22.6. The highest BCUT2D eigenvalue weighted by molar-refractivity contribution is 6.09. The van der Waals surface area contributed by atoms with Gasteiger partial charge in [0.25, 0.3) is 0 Å². The molecule has 0 N–H and O–H groups in total. The average Bonchev–Trinajstić information content (AvgIpc) is 0.767. The Hall–Kier alpha value is -15.8. The van der Waals surface area contributed by atoms with E-state index in [4.69, 9.17) is 44.9 Å². The number of rotatable bonds is 15. The van der Waals surface area contributed by atoms with Gasteiger partial charge in [0.1, 0.15) is 0 Å². The smallest absolute Gasteiger partial charge is 0.0886 e. The van der Waals surface area contributed by atoms with Crippen molar-refractivity contribution >= 4 is 94.8 Å². The SMILES string of the molecule is C=Nc1c(/C=C\C)cnc2cc(-c3ccccc3-c3cc(-c4ccccc4-c4ccc(-c5ccc(-c6ccccc6-c6cc(-c7ccccc7-c7ccc8c(c7)ncc7cccnc78)cc(-c7ccccc7-c7ccc8c(c7)ncc7cccnc78)c6)cn5)nc4)cc(-c4ccccc4-c4ccc5c(c4)ncc4cccnc45)c3)ccc12. The molecule has 0 aliphatic rings. The Morgan fingerprint density at radius 1 is 0.231 bits per heavy atom. The molecular formula is C107H68N10. The fourth-order valence-electron chi connectivity index (χ4n) is 17.0. The Balaban J connectivity index is 0.644. The first-order valence-electron chi connectivity index (χ1n) is 39.1. The van der Waals surface area contributed by atoms with Crippen LogP contribution >= 0.6 is 0 Å². The van der Waals surface area contributed by atoms with Crippen molar-refractivity contribution in [2.45, 2.75) is 6.92 Å². The van der Waals surface area contributed by atoms with Gasteiger partial charge in [-0.25, -0.2) is 0 Å². The number of allylic oxidation sites excluding steroid dienone is 1. The zero-order valence-electron chi connectivity index (χ0n) is 63.6. The molecule has 0 spiro atoms. The van der Waals surface area contributed by atoms with Crippen molar-refractivity contribution < 1.29 is 0 Å². The fraction of sp³-hybridized carbons (Fsp3) is 0.00935. The molecule has 0 saturated carbocycles. The van der Waals surface area contributed by atoms with Crippen molar-refractivity contribution in [2.75, 3.05) is 0 Å². The monoisotopic (exact) mass is 1490 g/mol. The van der Waals surface area contributed by atoms with Crippen LogP contribution in [-0.4, -0.2) is 51.6 Å². The molecule has 546 valence electrons. The standard InChI is InChI=1S/C107H68N10/c1-3-19-72-62-114-100-56-66(35-41-94(100)104(72)108-2)82-23-4-10-29-88(82)76-50-77(89-30-11-5-24-83(89)67-36-42-95-101(57-67)115-63-73-20-16-47-109-105(73)95)53-80(52-76)92-33-14-8-27-86(92)70-39-45-98(112-60-70)99-46-40-71(61-113-99)87-28-9-15-34-93(87)81-54-78(90-31-12-6-25-84(90)68-37-43-96-102(58-68)116-64-74-21-17-48-110-106(74)96)51-79(55-81)91-32-13-7-26-85(91)69-38-44-97-103(59-69)117-65-75-22-18-49-111-107(75)97/h3-65H,2H2,1H3/b19-3-. The highest BCUT2D eigenvalue weighted by Gasteiger charge is 2.22. The summed E-state index contributed by atoms with van der Waals surface area (Å²) in [5, 5.41) is 7.02. The van der Waals surface area contributed by atoms with Crippen LogP contribution in [0.3, 0.4) is 0 Å². The van der Waals surface area contributed by atoms with E-state index >= 15 is 0 Å². The minimum absolute atomic E-state index is 0.759. The molecule has 21 rings (SSSR count). The molecule has 10 nitrogen and oxygen atoms in total. The van der Waals surface area contributed by atoms with Gasteiger partial charge in [0.05, 0.1) is 55.7 Å². The van der Waals surface area contributed by atoms with Crippen LogP contribution < -0.4 is 0 Å². The van der Waals surface area contributed by atoms with Crippen LogP contribution in [0.25, 0.3) is 227 Å². The van der Waals surface area contributed by atoms with Crippen molar-refractivity contribution in [2.24, 2.45) is 4.99 Å². The summed E-state index contributed by atoms with van der Waals surface area (Å²) in [4.78, 5) is 49.1. The average molecular weight is 1490 g/mol. The molecule has 0 radical (unpaired) electrons. The summed E-state index contributed by atoms with van der Waals surface area (Å²) in [6, 6.07) is 113. The van der Waals surface area contributed by atoms with Crippen LogP contribution in [0.1, 0.15) is 12.5 Å². The molecule has 9 heterocycles. The van der Waals surface area contributed by atoms with Crippen molar-refractivity contribution in [1.29, 1.82) is 0 Å². The summed E-state index contributed by atoms with van der Waals surface area (Å²) in [6.07, 6.45) is 21.2. The Kier molecular flexibility index (Phi) is 17.4. The zero-order valence-corrected chi connectivity index (χ0v) is 63.6. The van der Waals surface area contributed by atoms with E-state index in [1.54, 1.807) is 0 Å². The molecule has 117 heavy (non-hydrogen) atoms. The predicted molar refractivity (Wildman–Crippen MR) is 484 cm³/mol. The molecule has 0 amide bonds. The summed E-state index contributed by atoms with van der Waals surface area (Å²) >= 11 is 0. The molecule has 0 atom stereocenters. The number of hydrogen-bond acceptors (Lipinski definition) is 10. The first kappa shape index (κ1) is 69.2. The molecule has 21 aromatic rings. The third-order valence-electron chi connectivity index (χ3n) is 22.6. The number of benzene rings is 12. The maximum absolute atomic E-state index is 5.22. The Bertz CT molecular complexity index is 7440. The topological polar surface area (TPSA) is 128 Å². The van der Waals surface area contributed by atoms with E-state index in [1.165, 1.54) is 0 Å². The number of aliphatic imine (C=N–C) groups is 1. The van der Waals surface area contributed by atoms with Gasteiger partial charge in [-0.15, -0.1) is 0 Å². The van der Waals surface area contributed by atoms with Crippen molar-refractivity contribution in [3.63, 3.8) is 0 Å². The van der Waals surface area contributed by atoms with E-state index in [1.807, 2.05) is 93.0 Å². The van der Waals surface area contributed by atoms with E-state index in [0.717, 1.165) is 232 Å². The maximum atomic E-state index is 5.22. The second-order valence-electron chi connectivity index (χ2n) is 29.5. The van der Waals surface area contributed by atoms with Gasteiger partial charge in [-0.3, -0.25) is 49.8 Å². The predicted octanol–water partition coefficient (Wildman–Crippen LogP) is 27.4. The zero-order chi connectivity index (χ0) is 77.9. The lowest BCUT2D eigenvalue weighted by Gasteiger charge is -2.18. The summed E-state index contributed by atoms with van der Waals surface area (Å²) in [5.74, 6) is 0. The Morgan fingerprint density at radius 2 is 0.496 bits per heavy atom. The molecule has 12 aromatic carbocycles. The fourth-order valence-corrected chi connectivity index (χ4v) is 17.0. The van der Waals surface area contributed by atoms with Crippen LogP contribution in [0, 0.1) is 0 Å². The minimum Gasteiger partial charge on any atom is -0.263 e. The summed E-state index contributed by atoms with van der Waals surface area (Å²) in [5.41, 5.74) is 35.0. The largest absolute Gasteiger partial charge is 0.263 e. The number of aromatic nitrogens is 9. The number of nitrogens with zero attached hydrogens (tertiary/aromatic N) is 10. The molecule has 9 aromatic heterocycles. The second kappa shape index (κ2) is 29.4. The van der Waals surface area contributed by atoms with E-state index < -0.39 is 0 Å². The van der Waals surface area contributed by atoms with Gasteiger partial charge in [0, 0.05) is 110 Å². The van der Waals surface area contributed by atoms with Gasteiger partial charge in [-0.2, -0.15) is 0 Å². The molecule has 0 aliphatic carbocycles. The molecule has 0 aliphatic heterocycles. The van der Waals surface area contributed by atoms with Crippen molar-refractivity contribution in [3.05, 3.63) is 383 Å². The van der Waals surface area contributed by atoms with E-state index in [9.17, 15) is 0 Å². The van der Waals surface area contributed by atoms with Crippen LogP contribution in [0.5, 0.6) is 0 Å². The van der Waals surface area contributed by atoms with Crippen molar-refractivity contribution in [3.8, 4) is 145 Å². The number of hydrogen-bond donors (Lipinski definition) is 0. The maximum Gasteiger partial charge on any atom is 0.0886 e. The summed E-state index contributed by atoms with van der Waals surface area (Å²) in [6.45, 7) is 5.95. The Morgan fingerprint density at radius 3 is 0.778 bits per heavy atom. The molecule has 10 heteroatoms. The first-order chi connectivity index (χ1) is 57.9. The van der Waals surface area contributed by atoms with Gasteiger partial charge < -0.3 is 0 Å². The highest BCUT2D eigenvalue weighted by Crippen LogP contribution is 2.47. The van der Waals surface area contributed by atoms with Crippen LogP contribution in [0.2, 0.25) is 0 Å². The number of pyridine rings is 9. The minimum atomic E-state index is 0.759. The third kappa shape index (κ3) is 12.7. The van der Waals surface area contributed by atoms with Crippen LogP contribution in [-0.2, 0) is 0 Å². The van der Waals surface area contributed by atoms with Gasteiger partial charge in [-0.05, 0) is 269 Å². The van der Waals surface area contributed by atoms with Crippen LogP contribution in [0.15, 0.2) is 382 Å². The quantitative estimate of drug-likeness (QED) is 0.0728. The molecule has 0 saturated heterocycles. The molecule has 0 unspecified atom stereocenters. The van der Waals surface area contributed by atoms with Gasteiger partial charge in [0.2, 0.25) is 0 Å². The molecule has 0 bridgehead atoms. The molecular weight excluding hydrogens is 1430 g/mol. The summed E-state index contributed by atoms with van der Waals surface area (Å²) < 4.78 is 0. The molecule has 0 fully saturated rings. The lowest BCUT2D eigenvalue weighted by molar-refractivity contribution is 1.25. The second-order valence-corrected chi connectivity index (χ2v) is 29.5. The normalized spacial score (nSPS) is 11.6. The van der Waals surface area contributed by atoms with Gasteiger partial charge >= 0.3 is 0 Å². The van der Waals surface area contributed by atoms with Crippen LogP contribution in [0.4, 0.5) is 5.69 Å². The van der Waals surface area contributed by atoms with E-state index in [-0.39, 0.29) is 0 Å².